The molecule has 2 aliphatic heterocycles. The Balaban J connectivity index is 2.40. The van der Waals surface area contributed by atoms with Gasteiger partial charge in [0.25, 0.3) is 15.9 Å². The Morgan fingerprint density at radius 2 is 1.52 bits per heavy atom. The third kappa shape index (κ3) is 7.51. The first-order valence-corrected chi connectivity index (χ1v) is 20.7. The number of carbonyl (C=O) groups excluding carboxylic acids is 2. The number of aryl methyl sites for hydroxylation is 1. The lowest BCUT2D eigenvalue weighted by molar-refractivity contribution is -0.158. The number of likely N-dealkylation sites (tertiary alicyclic amines) is 1. The Labute approximate surface area is 290 Å². The van der Waals surface area contributed by atoms with Crippen LogP contribution in [0.3, 0.4) is 0 Å². The number of fused-ring (bicyclic) bond motifs is 1. The van der Waals surface area contributed by atoms with Crippen LogP contribution >= 0.6 is 0 Å². The van der Waals surface area contributed by atoms with E-state index in [0.29, 0.717) is 12.8 Å². The van der Waals surface area contributed by atoms with Gasteiger partial charge in [0.15, 0.2) is 11.8 Å². The maximum absolute atomic E-state index is 15.5. The van der Waals surface area contributed by atoms with Gasteiger partial charge in [0, 0.05) is 46.8 Å². The number of ether oxygens (including phenoxy) is 4. The minimum atomic E-state index is -4.31. The van der Waals surface area contributed by atoms with Crippen molar-refractivity contribution in [3.8, 4) is 0 Å². The van der Waals surface area contributed by atoms with Gasteiger partial charge in [-0.2, -0.15) is 0 Å². The van der Waals surface area contributed by atoms with Crippen LogP contribution in [0, 0.1) is 18.8 Å². The summed E-state index contributed by atoms with van der Waals surface area (Å²) in [5, 5.41) is 0. The topological polar surface area (TPSA) is 121 Å². The first-order chi connectivity index (χ1) is 22.2. The molecule has 0 saturated carbocycles. The Morgan fingerprint density at radius 3 is 1.98 bits per heavy atom. The largest absolute Gasteiger partial charge is 0.444 e. The van der Waals surface area contributed by atoms with E-state index in [1.165, 1.54) is 24.1 Å². The van der Waals surface area contributed by atoms with E-state index in [2.05, 4.69) is 41.5 Å². The molecule has 0 spiro atoms. The summed E-state index contributed by atoms with van der Waals surface area (Å²) in [5.74, 6) is -1.51. The van der Waals surface area contributed by atoms with E-state index in [1.54, 1.807) is 47.1 Å². The SMILES string of the molecule is COC[C@H](O[Si](C(C)C)(C(C)C)C(C)C)[C@@]12C(=O)N(S(=O)(=O)c3ccc(C)cc3)CC[C@@H]1[C@H](CC(OC)OC)CN2C(=O)OC(C)(C)C. The molecule has 1 aromatic carbocycles. The zero-order valence-corrected chi connectivity index (χ0v) is 33.2. The summed E-state index contributed by atoms with van der Waals surface area (Å²) in [4.78, 5) is 31.4. The maximum Gasteiger partial charge on any atom is 0.411 e. The highest BCUT2D eigenvalue weighted by Gasteiger charge is 2.70. The number of carbonyl (C=O) groups is 2. The Morgan fingerprint density at radius 1 is 0.979 bits per heavy atom. The smallest absolute Gasteiger partial charge is 0.411 e. The molecule has 0 aromatic heterocycles. The second kappa shape index (κ2) is 15.5. The lowest BCUT2D eigenvalue weighted by Gasteiger charge is -2.54. The molecule has 0 aliphatic carbocycles. The highest BCUT2D eigenvalue weighted by molar-refractivity contribution is 7.89. The summed E-state index contributed by atoms with van der Waals surface area (Å²) in [5.41, 5.74) is -1.35. The fourth-order valence-corrected chi connectivity index (χ4v) is 15.4. The van der Waals surface area contributed by atoms with Crippen LogP contribution in [0.15, 0.2) is 29.2 Å². The van der Waals surface area contributed by atoms with E-state index in [4.69, 9.17) is 23.4 Å². The molecule has 0 bridgehead atoms. The van der Waals surface area contributed by atoms with Gasteiger partial charge in [0.05, 0.1) is 11.5 Å². The highest BCUT2D eigenvalue weighted by Crippen LogP contribution is 2.53. The number of nitrogens with zero attached hydrogens (tertiary/aromatic N) is 2. The van der Waals surface area contributed by atoms with Crippen LogP contribution in [0.5, 0.6) is 0 Å². The summed E-state index contributed by atoms with van der Waals surface area (Å²) < 4.78 is 60.1. The number of benzene rings is 1. The first kappa shape index (κ1) is 40.4. The van der Waals surface area contributed by atoms with Gasteiger partial charge in [-0.05, 0) is 68.8 Å². The number of rotatable bonds is 14. The molecule has 11 nitrogen and oxygen atoms in total. The van der Waals surface area contributed by atoms with Gasteiger partial charge in [-0.1, -0.05) is 59.2 Å². The minimum absolute atomic E-state index is 0.00622. The predicted molar refractivity (Wildman–Crippen MR) is 188 cm³/mol. The van der Waals surface area contributed by atoms with E-state index in [0.717, 1.165) is 9.87 Å². The summed E-state index contributed by atoms with van der Waals surface area (Å²) >= 11 is 0. The molecule has 2 fully saturated rings. The summed E-state index contributed by atoms with van der Waals surface area (Å²) in [7, 11) is -2.42. The zero-order valence-electron chi connectivity index (χ0n) is 31.4. The summed E-state index contributed by atoms with van der Waals surface area (Å²) in [6.07, 6.45) is -1.63. The third-order valence-electron chi connectivity index (χ3n) is 10.3. The standard InChI is InChI=1S/C35H60N2O9SSi/c1-23(2)48(24(3)4,25(5)6)46-30(22-42-11)35-29(18-19-37(32(35)38)47(40,41)28-16-14-26(7)15-17-28)27(20-31(43-12)44-13)21-36(35)33(39)45-34(8,9)10/h14-17,23-25,27,29-31H,18-22H2,1-13H3/t27-,29-,30+,35-/m1/s1. The number of hydrogen-bond donors (Lipinski definition) is 0. The van der Waals surface area contributed by atoms with Crippen molar-refractivity contribution in [3.63, 3.8) is 0 Å². The average molecular weight is 713 g/mol. The molecule has 2 amide bonds. The fraction of sp³-hybridized carbons (Fsp3) is 0.771. The molecule has 48 heavy (non-hydrogen) atoms. The van der Waals surface area contributed by atoms with Crippen LogP contribution < -0.4 is 0 Å². The van der Waals surface area contributed by atoms with Gasteiger partial charge in [-0.25, -0.2) is 17.5 Å². The zero-order chi connectivity index (χ0) is 36.4. The molecule has 2 heterocycles. The molecule has 0 unspecified atom stereocenters. The van der Waals surface area contributed by atoms with E-state index in [-0.39, 0.29) is 47.1 Å². The number of sulfonamides is 1. The number of methoxy groups -OCH3 is 3. The lowest BCUT2D eigenvalue weighted by Crippen LogP contribution is -2.73. The van der Waals surface area contributed by atoms with Crippen LogP contribution in [0.25, 0.3) is 0 Å². The van der Waals surface area contributed by atoms with Gasteiger partial charge in [-0.3, -0.25) is 9.69 Å². The Bertz CT molecular complexity index is 1340. The summed E-state index contributed by atoms with van der Waals surface area (Å²) in [6.45, 7) is 20.1. The molecule has 1 aromatic rings. The van der Waals surface area contributed by atoms with Crippen molar-refractivity contribution in [2.45, 2.75) is 127 Å². The van der Waals surface area contributed by atoms with Gasteiger partial charge < -0.3 is 23.4 Å². The minimum Gasteiger partial charge on any atom is -0.444 e. The van der Waals surface area contributed by atoms with Gasteiger partial charge in [0.2, 0.25) is 8.32 Å². The van der Waals surface area contributed by atoms with Crippen molar-refractivity contribution >= 4 is 30.3 Å². The third-order valence-corrected chi connectivity index (χ3v) is 18.2. The van der Waals surface area contributed by atoms with Crippen molar-refractivity contribution in [2.24, 2.45) is 11.8 Å². The Kier molecular flexibility index (Phi) is 13.0. The molecular weight excluding hydrogens is 653 g/mol. The van der Waals surface area contributed by atoms with Gasteiger partial charge in [-0.15, -0.1) is 0 Å². The molecule has 0 radical (unpaired) electrons. The van der Waals surface area contributed by atoms with Crippen LogP contribution in [-0.2, 0) is 38.2 Å². The molecule has 2 aliphatic rings. The second-order valence-electron chi connectivity index (χ2n) is 15.3. The predicted octanol–water partition coefficient (Wildman–Crippen LogP) is 6.35. The normalized spacial score (nSPS) is 23.1. The molecule has 4 atom stereocenters. The van der Waals surface area contributed by atoms with E-state index < -0.39 is 59.8 Å². The first-order valence-electron chi connectivity index (χ1n) is 17.1. The lowest BCUT2D eigenvalue weighted by atomic mass is 9.70. The molecule has 0 N–H and O–H groups in total. The quantitative estimate of drug-likeness (QED) is 0.160. The molecule has 274 valence electrons. The molecule has 13 heteroatoms. The number of hydrogen-bond acceptors (Lipinski definition) is 9. The Hall–Kier alpha value is -2.03. The van der Waals surface area contributed by atoms with E-state index in [1.807, 2.05) is 6.92 Å². The van der Waals surface area contributed by atoms with Crippen molar-refractivity contribution < 1.29 is 41.4 Å². The fourth-order valence-electron chi connectivity index (χ4n) is 8.35. The van der Waals surface area contributed by atoms with Crippen molar-refractivity contribution in [2.75, 3.05) is 41.0 Å². The molecular formula is C35H60N2O9SSi. The summed E-state index contributed by atoms with van der Waals surface area (Å²) in [6, 6.07) is 6.44. The van der Waals surface area contributed by atoms with Gasteiger partial charge in [0.1, 0.15) is 11.7 Å². The van der Waals surface area contributed by atoms with Gasteiger partial charge >= 0.3 is 6.09 Å². The van der Waals surface area contributed by atoms with Crippen LogP contribution in [0.1, 0.15) is 80.7 Å². The van der Waals surface area contributed by atoms with Crippen molar-refractivity contribution in [1.82, 2.24) is 9.21 Å². The van der Waals surface area contributed by atoms with E-state index >= 15 is 4.79 Å². The monoisotopic (exact) mass is 712 g/mol. The van der Waals surface area contributed by atoms with Crippen LogP contribution in [0.4, 0.5) is 4.79 Å². The average Bonchev–Trinajstić information content (AvgIpc) is 3.32. The highest BCUT2D eigenvalue weighted by atomic mass is 32.2. The van der Waals surface area contributed by atoms with Crippen molar-refractivity contribution in [3.05, 3.63) is 29.8 Å². The van der Waals surface area contributed by atoms with Crippen LogP contribution in [0.2, 0.25) is 16.6 Å². The van der Waals surface area contributed by atoms with Crippen LogP contribution in [-0.4, -0.2) is 103 Å². The molecule has 3 rings (SSSR count). The maximum atomic E-state index is 15.5. The number of piperidine rings is 1. The number of amides is 2. The molecule has 2 saturated heterocycles. The second-order valence-corrected chi connectivity index (χ2v) is 22.6. The van der Waals surface area contributed by atoms with Crippen molar-refractivity contribution in [1.29, 1.82) is 0 Å². The van der Waals surface area contributed by atoms with E-state index in [9.17, 15) is 13.2 Å².